The molecule has 1 amide bonds. The van der Waals surface area contributed by atoms with E-state index in [2.05, 4.69) is 9.97 Å². The summed E-state index contributed by atoms with van der Waals surface area (Å²) in [4.78, 5) is 30.6. The number of nitrogens with zero attached hydrogens (tertiary/aromatic N) is 5. The van der Waals surface area contributed by atoms with Gasteiger partial charge >= 0.3 is 0 Å². The van der Waals surface area contributed by atoms with Crippen molar-refractivity contribution in [2.45, 2.75) is 38.6 Å². The summed E-state index contributed by atoms with van der Waals surface area (Å²) in [6.07, 6.45) is 7.84. The largest absolute Gasteiger partial charge is 0.347 e. The number of pyridine rings is 1. The molecule has 1 aliphatic heterocycles. The minimum Gasteiger partial charge on any atom is -0.347 e. The van der Waals surface area contributed by atoms with E-state index in [1.165, 1.54) is 6.07 Å². The van der Waals surface area contributed by atoms with Crippen molar-refractivity contribution >= 4 is 11.9 Å². The Kier molecular flexibility index (Phi) is 6.44. The summed E-state index contributed by atoms with van der Waals surface area (Å²) in [5.41, 5.74) is 4.40. The van der Waals surface area contributed by atoms with E-state index in [0.29, 0.717) is 24.5 Å². The first-order chi connectivity index (χ1) is 15.5. The fourth-order valence-corrected chi connectivity index (χ4v) is 4.27. The van der Waals surface area contributed by atoms with Crippen molar-refractivity contribution in [1.82, 2.24) is 19.9 Å². The first kappa shape index (κ1) is 21.9. The van der Waals surface area contributed by atoms with Gasteiger partial charge in [-0.05, 0) is 55.0 Å². The molecule has 1 aliphatic rings. The van der Waals surface area contributed by atoms with Crippen LogP contribution in [0.1, 0.15) is 42.1 Å². The maximum atomic E-state index is 14.0. The number of hydrogen-bond acceptors (Lipinski definition) is 5. The number of amides is 1. The number of aryl methyl sites for hydroxylation is 2. The molecule has 2 aromatic heterocycles. The third-order valence-corrected chi connectivity index (χ3v) is 5.97. The molecule has 0 aliphatic carbocycles. The standard InChI is InChI=1S/C25H28FN5O/c1-17-15-27-13-12-19(17)20-16-28-25(30(2)3)29-24(20)22-9-6-14-31(22)23(32)11-10-18-7-4-5-8-21(18)26/h4-5,7-8,12-13,15-16,22H,6,9-11,14H2,1-3H3/t22-/m1/s1. The lowest BCUT2D eigenvalue weighted by Gasteiger charge is -2.27. The monoisotopic (exact) mass is 433 g/mol. The Hall–Kier alpha value is -3.35. The number of rotatable bonds is 6. The predicted molar refractivity (Wildman–Crippen MR) is 123 cm³/mol. The van der Waals surface area contributed by atoms with Crippen LogP contribution in [-0.2, 0) is 11.2 Å². The van der Waals surface area contributed by atoms with Gasteiger partial charge in [-0.3, -0.25) is 9.78 Å². The van der Waals surface area contributed by atoms with E-state index in [1.54, 1.807) is 24.4 Å². The van der Waals surface area contributed by atoms with Crippen LogP contribution in [-0.4, -0.2) is 46.4 Å². The average Bonchev–Trinajstić information content (AvgIpc) is 3.28. The van der Waals surface area contributed by atoms with Gasteiger partial charge in [-0.2, -0.15) is 0 Å². The number of aromatic nitrogens is 3. The zero-order chi connectivity index (χ0) is 22.7. The molecular formula is C25H28FN5O. The Bertz CT molecular complexity index is 1120. The van der Waals surface area contributed by atoms with Gasteiger partial charge in [0.1, 0.15) is 5.82 Å². The van der Waals surface area contributed by atoms with Crippen LogP contribution in [0.4, 0.5) is 10.3 Å². The van der Waals surface area contributed by atoms with Crippen LogP contribution in [0, 0.1) is 12.7 Å². The Morgan fingerprint density at radius 3 is 2.75 bits per heavy atom. The van der Waals surface area contributed by atoms with Crippen LogP contribution < -0.4 is 4.90 Å². The molecule has 1 atom stereocenters. The van der Waals surface area contributed by atoms with Crippen molar-refractivity contribution in [2.24, 2.45) is 0 Å². The van der Waals surface area contributed by atoms with E-state index < -0.39 is 0 Å². The van der Waals surface area contributed by atoms with Crippen LogP contribution >= 0.6 is 0 Å². The molecule has 166 valence electrons. The molecule has 0 radical (unpaired) electrons. The van der Waals surface area contributed by atoms with Crippen LogP contribution in [0.3, 0.4) is 0 Å². The molecule has 1 saturated heterocycles. The summed E-state index contributed by atoms with van der Waals surface area (Å²) in [5, 5.41) is 0. The predicted octanol–water partition coefficient (Wildman–Crippen LogP) is 4.35. The Labute approximate surface area is 188 Å². The molecule has 32 heavy (non-hydrogen) atoms. The Morgan fingerprint density at radius 1 is 1.19 bits per heavy atom. The van der Waals surface area contributed by atoms with Gasteiger partial charge in [0.05, 0.1) is 11.7 Å². The molecule has 3 heterocycles. The molecule has 6 nitrogen and oxygen atoms in total. The molecule has 0 bridgehead atoms. The first-order valence-corrected chi connectivity index (χ1v) is 10.9. The molecule has 0 spiro atoms. The summed E-state index contributed by atoms with van der Waals surface area (Å²) in [6.45, 7) is 2.69. The first-order valence-electron chi connectivity index (χ1n) is 10.9. The second-order valence-electron chi connectivity index (χ2n) is 8.39. The van der Waals surface area contributed by atoms with Gasteiger partial charge in [0.2, 0.25) is 11.9 Å². The minimum absolute atomic E-state index is 0.0261. The van der Waals surface area contributed by atoms with E-state index in [-0.39, 0.29) is 24.2 Å². The molecule has 4 rings (SSSR count). The lowest BCUT2D eigenvalue weighted by molar-refractivity contribution is -0.132. The van der Waals surface area contributed by atoms with Crippen LogP contribution in [0.2, 0.25) is 0 Å². The SMILES string of the molecule is Cc1cnccc1-c1cnc(N(C)C)nc1[C@H]1CCCN1C(=O)CCc1ccccc1F. The number of benzene rings is 1. The van der Waals surface area contributed by atoms with Gasteiger partial charge in [-0.1, -0.05) is 18.2 Å². The summed E-state index contributed by atoms with van der Waals surface area (Å²) >= 11 is 0. The van der Waals surface area contributed by atoms with Gasteiger partial charge < -0.3 is 9.80 Å². The quantitative estimate of drug-likeness (QED) is 0.578. The van der Waals surface area contributed by atoms with E-state index in [9.17, 15) is 9.18 Å². The second-order valence-corrected chi connectivity index (χ2v) is 8.39. The van der Waals surface area contributed by atoms with E-state index in [1.807, 2.05) is 49.3 Å². The zero-order valence-electron chi connectivity index (χ0n) is 18.8. The highest BCUT2D eigenvalue weighted by Gasteiger charge is 2.33. The average molecular weight is 434 g/mol. The van der Waals surface area contributed by atoms with Gasteiger partial charge in [-0.15, -0.1) is 0 Å². The minimum atomic E-state index is -0.264. The van der Waals surface area contributed by atoms with Crippen molar-refractivity contribution in [2.75, 3.05) is 25.5 Å². The molecule has 0 N–H and O–H groups in total. The lowest BCUT2D eigenvalue weighted by atomic mass is 9.97. The van der Waals surface area contributed by atoms with Gasteiger partial charge in [0.15, 0.2) is 0 Å². The van der Waals surface area contributed by atoms with Gasteiger partial charge in [0, 0.05) is 51.2 Å². The third-order valence-electron chi connectivity index (χ3n) is 5.97. The Balaban J connectivity index is 1.65. The number of hydrogen-bond donors (Lipinski definition) is 0. The number of carbonyl (C=O) groups is 1. The topological polar surface area (TPSA) is 62.2 Å². The number of carbonyl (C=O) groups excluding carboxylic acids is 1. The molecule has 3 aromatic rings. The fourth-order valence-electron chi connectivity index (χ4n) is 4.27. The fraction of sp³-hybridized carbons (Fsp3) is 0.360. The van der Waals surface area contributed by atoms with Crippen molar-refractivity contribution in [3.63, 3.8) is 0 Å². The molecule has 7 heteroatoms. The molecule has 0 saturated carbocycles. The smallest absolute Gasteiger partial charge is 0.225 e. The maximum absolute atomic E-state index is 14.0. The second kappa shape index (κ2) is 9.42. The van der Waals surface area contributed by atoms with E-state index in [4.69, 9.17) is 4.98 Å². The number of likely N-dealkylation sites (tertiary alicyclic amines) is 1. The van der Waals surface area contributed by atoms with Crippen molar-refractivity contribution in [1.29, 1.82) is 0 Å². The summed E-state index contributed by atoms with van der Waals surface area (Å²) in [7, 11) is 3.81. The van der Waals surface area contributed by atoms with Crippen LogP contribution in [0.15, 0.2) is 48.9 Å². The van der Waals surface area contributed by atoms with E-state index >= 15 is 0 Å². The highest BCUT2D eigenvalue weighted by Crippen LogP contribution is 2.38. The van der Waals surface area contributed by atoms with Crippen molar-refractivity contribution in [3.05, 3.63) is 71.6 Å². The summed E-state index contributed by atoms with van der Waals surface area (Å²) in [5.74, 6) is 0.374. The summed E-state index contributed by atoms with van der Waals surface area (Å²) < 4.78 is 14.0. The lowest BCUT2D eigenvalue weighted by Crippen LogP contribution is -2.32. The number of anilines is 1. The Morgan fingerprint density at radius 2 is 2.00 bits per heavy atom. The van der Waals surface area contributed by atoms with Crippen molar-refractivity contribution < 1.29 is 9.18 Å². The molecule has 1 fully saturated rings. The molecule has 1 aromatic carbocycles. The summed E-state index contributed by atoms with van der Waals surface area (Å²) in [6, 6.07) is 8.47. The van der Waals surface area contributed by atoms with Gasteiger partial charge in [0.25, 0.3) is 0 Å². The van der Waals surface area contributed by atoms with Crippen LogP contribution in [0.25, 0.3) is 11.1 Å². The zero-order valence-corrected chi connectivity index (χ0v) is 18.8. The highest BCUT2D eigenvalue weighted by atomic mass is 19.1. The highest BCUT2D eigenvalue weighted by molar-refractivity contribution is 5.78. The molecule has 0 unspecified atom stereocenters. The van der Waals surface area contributed by atoms with Crippen molar-refractivity contribution in [3.8, 4) is 11.1 Å². The van der Waals surface area contributed by atoms with E-state index in [0.717, 1.165) is 35.2 Å². The van der Waals surface area contributed by atoms with Crippen LogP contribution in [0.5, 0.6) is 0 Å². The number of halogens is 1. The van der Waals surface area contributed by atoms with Gasteiger partial charge in [-0.25, -0.2) is 14.4 Å². The third kappa shape index (κ3) is 4.47. The maximum Gasteiger partial charge on any atom is 0.225 e. The molecular weight excluding hydrogens is 405 g/mol. The normalized spacial score (nSPS) is 15.8.